The molecule has 7 heteroatoms. The summed E-state index contributed by atoms with van der Waals surface area (Å²) in [4.78, 5) is 2.44. The third kappa shape index (κ3) is 3.64. The van der Waals surface area contributed by atoms with Crippen molar-refractivity contribution >= 4 is 27.2 Å². The molecule has 2 aromatic carbocycles. The minimum atomic E-state index is -3.68. The lowest BCUT2D eigenvalue weighted by Gasteiger charge is -2.33. The predicted octanol–water partition coefficient (Wildman–Crippen LogP) is 3.51. The topological polar surface area (TPSA) is 71.0 Å². The maximum Gasteiger partial charge on any atom is 0.286 e. The highest BCUT2D eigenvalue weighted by Crippen LogP contribution is 2.37. The number of ether oxygens (including phenoxy) is 1. The first-order valence-corrected chi connectivity index (χ1v) is 10.5. The van der Waals surface area contributed by atoms with Crippen LogP contribution in [0, 0.1) is 5.92 Å². The molecule has 27 heavy (non-hydrogen) atoms. The van der Waals surface area contributed by atoms with E-state index in [1.807, 2.05) is 30.3 Å². The Hall–Kier alpha value is -2.54. The zero-order valence-electron chi connectivity index (χ0n) is 15.4. The third-order valence-corrected chi connectivity index (χ3v) is 6.57. The fraction of sp³-hybridized carbons (Fsp3) is 0.350. The average Bonchev–Trinajstić information content (AvgIpc) is 3.50. The van der Waals surface area contributed by atoms with Crippen molar-refractivity contribution in [3.63, 3.8) is 0 Å². The van der Waals surface area contributed by atoms with E-state index in [1.54, 1.807) is 25.3 Å². The summed E-state index contributed by atoms with van der Waals surface area (Å²) in [5.41, 5.74) is 1.60. The van der Waals surface area contributed by atoms with Crippen LogP contribution in [0.15, 0.2) is 57.8 Å². The molecule has 1 aliphatic heterocycles. The van der Waals surface area contributed by atoms with Gasteiger partial charge in [0.25, 0.3) is 10.0 Å². The monoisotopic (exact) mass is 385 g/mol. The molecular weight excluding hydrogens is 362 g/mol. The van der Waals surface area contributed by atoms with Crippen molar-refractivity contribution < 1.29 is 13.2 Å². The Kier molecular flexibility index (Phi) is 4.55. The number of hydrogen-bond acceptors (Lipinski definition) is 5. The summed E-state index contributed by atoms with van der Waals surface area (Å²) >= 11 is 0. The van der Waals surface area contributed by atoms with Crippen LogP contribution in [-0.2, 0) is 10.0 Å². The minimum absolute atomic E-state index is 0.222. The van der Waals surface area contributed by atoms with Crippen LogP contribution in [-0.4, -0.2) is 33.9 Å². The molecule has 4 rings (SSSR count). The Labute approximate surface area is 159 Å². The van der Waals surface area contributed by atoms with Crippen LogP contribution in [0.4, 0.5) is 11.4 Å². The van der Waals surface area contributed by atoms with Gasteiger partial charge in [-0.2, -0.15) is 8.42 Å². The van der Waals surface area contributed by atoms with Crippen molar-refractivity contribution in [3.8, 4) is 5.75 Å². The van der Waals surface area contributed by atoms with Crippen LogP contribution in [0.1, 0.15) is 19.8 Å². The summed E-state index contributed by atoms with van der Waals surface area (Å²) in [5, 5.41) is 3.19. The quantitative estimate of drug-likeness (QED) is 0.824. The fourth-order valence-electron chi connectivity index (χ4n) is 3.47. The van der Waals surface area contributed by atoms with E-state index >= 15 is 0 Å². The van der Waals surface area contributed by atoms with Crippen molar-refractivity contribution in [2.24, 2.45) is 10.3 Å². The maximum absolute atomic E-state index is 12.5. The molecular formula is C20H23N3O3S. The Bertz CT molecular complexity index is 966. The van der Waals surface area contributed by atoms with E-state index in [1.165, 1.54) is 12.8 Å². The molecule has 0 bridgehead atoms. The molecule has 0 unspecified atom stereocenters. The number of amidine groups is 1. The molecule has 0 radical (unpaired) electrons. The SMILES string of the molecule is COc1ccc(N(CC2=NS(=O)(=O)c3ccccc3N2)[C@H](C)C2CC2)cc1. The predicted molar refractivity (Wildman–Crippen MR) is 107 cm³/mol. The summed E-state index contributed by atoms with van der Waals surface area (Å²) in [6, 6.07) is 15.0. The van der Waals surface area contributed by atoms with Crippen LogP contribution in [0.3, 0.4) is 0 Å². The highest BCUT2D eigenvalue weighted by atomic mass is 32.2. The van der Waals surface area contributed by atoms with Gasteiger partial charge in [-0.1, -0.05) is 12.1 Å². The van der Waals surface area contributed by atoms with Crippen molar-refractivity contribution in [2.75, 3.05) is 23.9 Å². The van der Waals surface area contributed by atoms with Gasteiger partial charge in [-0.3, -0.25) is 0 Å². The lowest BCUT2D eigenvalue weighted by Crippen LogP contribution is -2.42. The molecule has 0 amide bonds. The average molecular weight is 385 g/mol. The summed E-state index contributed by atoms with van der Waals surface area (Å²) < 4.78 is 34.4. The van der Waals surface area contributed by atoms with Gasteiger partial charge in [0.2, 0.25) is 0 Å². The first-order chi connectivity index (χ1) is 13.0. The highest BCUT2D eigenvalue weighted by molar-refractivity contribution is 7.90. The second kappa shape index (κ2) is 6.88. The van der Waals surface area contributed by atoms with Crippen molar-refractivity contribution in [2.45, 2.75) is 30.7 Å². The number of hydrogen-bond donors (Lipinski definition) is 1. The van der Waals surface area contributed by atoms with E-state index in [0.717, 1.165) is 11.4 Å². The highest BCUT2D eigenvalue weighted by Gasteiger charge is 2.34. The van der Waals surface area contributed by atoms with Crippen molar-refractivity contribution in [1.29, 1.82) is 0 Å². The normalized spacial score (nSPS) is 18.7. The fourth-order valence-corrected chi connectivity index (χ4v) is 4.61. The molecule has 142 valence electrons. The molecule has 0 saturated heterocycles. The summed E-state index contributed by atoms with van der Waals surface area (Å²) in [6.45, 7) is 2.59. The van der Waals surface area contributed by atoms with Crippen LogP contribution >= 0.6 is 0 Å². The van der Waals surface area contributed by atoms with E-state index in [0.29, 0.717) is 30.0 Å². The maximum atomic E-state index is 12.5. The molecule has 2 aliphatic rings. The molecule has 6 nitrogen and oxygen atoms in total. The Morgan fingerprint density at radius 2 is 1.89 bits per heavy atom. The van der Waals surface area contributed by atoms with E-state index < -0.39 is 10.0 Å². The van der Waals surface area contributed by atoms with Gasteiger partial charge in [-0.15, -0.1) is 4.40 Å². The van der Waals surface area contributed by atoms with E-state index in [-0.39, 0.29) is 4.90 Å². The van der Waals surface area contributed by atoms with Gasteiger partial charge in [0.1, 0.15) is 16.5 Å². The van der Waals surface area contributed by atoms with Gasteiger partial charge in [-0.05, 0) is 62.1 Å². The van der Waals surface area contributed by atoms with Crippen LogP contribution in [0.25, 0.3) is 0 Å². The Morgan fingerprint density at radius 3 is 2.56 bits per heavy atom. The molecule has 1 N–H and O–H groups in total. The molecule has 2 aromatic rings. The van der Waals surface area contributed by atoms with E-state index in [2.05, 4.69) is 21.5 Å². The van der Waals surface area contributed by atoms with Gasteiger partial charge in [0.05, 0.1) is 19.3 Å². The van der Waals surface area contributed by atoms with Gasteiger partial charge in [0, 0.05) is 11.7 Å². The number of benzene rings is 2. The second-order valence-electron chi connectivity index (χ2n) is 7.04. The first kappa shape index (κ1) is 17.9. The number of fused-ring (bicyclic) bond motifs is 1. The number of para-hydroxylation sites is 1. The Morgan fingerprint density at radius 1 is 1.19 bits per heavy atom. The molecule has 0 aromatic heterocycles. The Balaban J connectivity index is 1.65. The number of sulfonamides is 1. The minimum Gasteiger partial charge on any atom is -0.497 e. The standard InChI is InChI=1S/C20H23N3O3S/c1-14(15-7-8-15)23(16-9-11-17(26-2)12-10-16)13-20-21-18-5-3-4-6-19(18)27(24,25)22-20/h3-6,9-12,14-15H,7-8,13H2,1-2H3,(H,21,22)/t14-/m1/s1. The summed E-state index contributed by atoms with van der Waals surface area (Å²) in [6.07, 6.45) is 2.41. The lowest BCUT2D eigenvalue weighted by molar-refractivity contribution is 0.414. The lowest BCUT2D eigenvalue weighted by atomic mass is 10.1. The second-order valence-corrected chi connectivity index (χ2v) is 8.61. The summed E-state index contributed by atoms with van der Waals surface area (Å²) in [5.74, 6) is 1.86. The molecule has 1 heterocycles. The van der Waals surface area contributed by atoms with Gasteiger partial charge >= 0.3 is 0 Å². The molecule has 0 spiro atoms. The van der Waals surface area contributed by atoms with Gasteiger partial charge in [-0.25, -0.2) is 0 Å². The number of rotatable bonds is 6. The van der Waals surface area contributed by atoms with E-state index in [4.69, 9.17) is 4.74 Å². The molecule has 1 atom stereocenters. The first-order valence-electron chi connectivity index (χ1n) is 9.08. The third-order valence-electron chi connectivity index (χ3n) is 5.19. The van der Waals surface area contributed by atoms with Crippen LogP contribution in [0.2, 0.25) is 0 Å². The number of anilines is 2. The van der Waals surface area contributed by atoms with Crippen molar-refractivity contribution in [3.05, 3.63) is 48.5 Å². The van der Waals surface area contributed by atoms with E-state index in [9.17, 15) is 8.42 Å². The zero-order chi connectivity index (χ0) is 19.0. The zero-order valence-corrected chi connectivity index (χ0v) is 16.2. The largest absolute Gasteiger partial charge is 0.497 e. The van der Waals surface area contributed by atoms with Gasteiger partial charge in [0.15, 0.2) is 0 Å². The van der Waals surface area contributed by atoms with Crippen LogP contribution < -0.4 is 15.0 Å². The smallest absolute Gasteiger partial charge is 0.286 e. The molecule has 1 saturated carbocycles. The van der Waals surface area contributed by atoms with Crippen molar-refractivity contribution in [1.82, 2.24) is 0 Å². The number of nitrogens with one attached hydrogen (secondary N) is 1. The number of methoxy groups -OCH3 is 1. The molecule has 1 fully saturated rings. The van der Waals surface area contributed by atoms with Gasteiger partial charge < -0.3 is 15.0 Å². The summed E-state index contributed by atoms with van der Waals surface area (Å²) in [7, 11) is -2.04. The number of nitrogens with zero attached hydrogens (tertiary/aromatic N) is 2. The van der Waals surface area contributed by atoms with Crippen LogP contribution in [0.5, 0.6) is 5.75 Å². The molecule has 1 aliphatic carbocycles.